The highest BCUT2D eigenvalue weighted by Crippen LogP contribution is 2.19. The number of aliphatic hydroxyl groups excluding tert-OH is 2. The highest BCUT2D eigenvalue weighted by Gasteiger charge is 2.13. The standard InChI is InChI=1S/C25H21NO6/c1-31-18-10-6-16(7-11-18)22(27)14-24(29)20-4-3-5-21(26-20)25(30)15-23(28)17-8-12-19(32-2)13-9-17/h3-15,27-28H,1-2H3/b22-14-,23-15-. The molecule has 0 atom stereocenters. The molecule has 0 radical (unpaired) electrons. The summed E-state index contributed by atoms with van der Waals surface area (Å²) < 4.78 is 10.1. The summed E-state index contributed by atoms with van der Waals surface area (Å²) in [6, 6.07) is 17.4. The van der Waals surface area contributed by atoms with Gasteiger partial charge in [-0.1, -0.05) is 6.07 Å². The number of nitrogens with zero attached hydrogens (tertiary/aromatic N) is 1. The van der Waals surface area contributed by atoms with Gasteiger partial charge in [-0.15, -0.1) is 0 Å². The molecule has 162 valence electrons. The number of carbonyl (C=O) groups excluding carboxylic acids is 2. The van der Waals surface area contributed by atoms with E-state index in [1.807, 2.05) is 0 Å². The summed E-state index contributed by atoms with van der Waals surface area (Å²) in [5.74, 6) is -0.396. The van der Waals surface area contributed by atoms with Gasteiger partial charge in [-0.2, -0.15) is 0 Å². The predicted octanol–water partition coefficient (Wildman–Crippen LogP) is 4.66. The Hall–Kier alpha value is -4.39. The summed E-state index contributed by atoms with van der Waals surface area (Å²) in [7, 11) is 3.06. The maximum Gasteiger partial charge on any atom is 0.207 e. The van der Waals surface area contributed by atoms with Crippen LogP contribution >= 0.6 is 0 Å². The molecule has 0 aliphatic carbocycles. The summed E-state index contributed by atoms with van der Waals surface area (Å²) in [6.45, 7) is 0. The number of allylic oxidation sites excluding steroid dienone is 2. The van der Waals surface area contributed by atoms with Crippen molar-refractivity contribution in [2.75, 3.05) is 14.2 Å². The monoisotopic (exact) mass is 431 g/mol. The first kappa shape index (κ1) is 22.3. The number of aliphatic hydroxyl groups is 2. The number of methoxy groups -OCH3 is 2. The van der Waals surface area contributed by atoms with Crippen LogP contribution in [0.15, 0.2) is 78.9 Å². The lowest BCUT2D eigenvalue weighted by Crippen LogP contribution is -2.06. The zero-order valence-electron chi connectivity index (χ0n) is 17.5. The molecule has 1 heterocycles. The van der Waals surface area contributed by atoms with E-state index in [-0.39, 0.29) is 22.9 Å². The Morgan fingerprint density at radius 3 is 1.41 bits per heavy atom. The van der Waals surface area contributed by atoms with Crippen molar-refractivity contribution in [1.82, 2.24) is 4.98 Å². The third kappa shape index (κ3) is 5.40. The SMILES string of the molecule is COc1ccc(/C(O)=C/C(=O)c2cccc(C(=O)/C=C(\O)c3ccc(OC)cc3)n2)cc1. The van der Waals surface area contributed by atoms with Gasteiger partial charge in [-0.3, -0.25) is 9.59 Å². The highest BCUT2D eigenvalue weighted by molar-refractivity contribution is 6.09. The van der Waals surface area contributed by atoms with Crippen LogP contribution in [0.2, 0.25) is 0 Å². The van der Waals surface area contributed by atoms with Gasteiger partial charge in [0.15, 0.2) is 0 Å². The van der Waals surface area contributed by atoms with Crippen molar-refractivity contribution in [3.05, 3.63) is 101 Å². The van der Waals surface area contributed by atoms with Crippen LogP contribution in [0.1, 0.15) is 32.1 Å². The van der Waals surface area contributed by atoms with E-state index in [0.29, 0.717) is 22.6 Å². The van der Waals surface area contributed by atoms with Gasteiger partial charge in [-0.05, 0) is 60.7 Å². The maximum atomic E-state index is 12.5. The highest BCUT2D eigenvalue weighted by atomic mass is 16.5. The van der Waals surface area contributed by atoms with Gasteiger partial charge in [0.2, 0.25) is 11.6 Å². The number of hydrogen-bond donors (Lipinski definition) is 2. The molecule has 0 amide bonds. The van der Waals surface area contributed by atoms with Gasteiger partial charge in [0, 0.05) is 23.3 Å². The molecule has 2 aromatic carbocycles. The van der Waals surface area contributed by atoms with E-state index in [1.54, 1.807) is 48.5 Å². The quantitative estimate of drug-likeness (QED) is 0.303. The molecule has 0 fully saturated rings. The second-order valence-electron chi connectivity index (χ2n) is 6.65. The first-order chi connectivity index (χ1) is 15.4. The topological polar surface area (TPSA) is 106 Å². The van der Waals surface area contributed by atoms with E-state index in [1.165, 1.54) is 32.4 Å². The summed E-state index contributed by atoms with van der Waals surface area (Å²) in [5.41, 5.74) is 0.818. The minimum absolute atomic E-state index is 0.0201. The van der Waals surface area contributed by atoms with E-state index in [2.05, 4.69) is 4.98 Å². The number of pyridine rings is 1. The van der Waals surface area contributed by atoms with Crippen molar-refractivity contribution in [2.45, 2.75) is 0 Å². The zero-order chi connectivity index (χ0) is 23.1. The number of hydrogen-bond acceptors (Lipinski definition) is 7. The Balaban J connectivity index is 1.78. The van der Waals surface area contributed by atoms with Crippen LogP contribution in [0, 0.1) is 0 Å². The van der Waals surface area contributed by atoms with Crippen molar-refractivity contribution in [3.63, 3.8) is 0 Å². The Morgan fingerprint density at radius 2 is 1.06 bits per heavy atom. The number of ether oxygens (including phenoxy) is 2. The molecular formula is C25H21NO6. The molecule has 0 saturated carbocycles. The van der Waals surface area contributed by atoms with Crippen molar-refractivity contribution < 1.29 is 29.3 Å². The average Bonchev–Trinajstić information content (AvgIpc) is 2.84. The molecule has 3 rings (SSSR count). The fourth-order valence-electron chi connectivity index (χ4n) is 2.80. The van der Waals surface area contributed by atoms with E-state index in [0.717, 1.165) is 12.2 Å². The Morgan fingerprint density at radius 1 is 0.688 bits per heavy atom. The number of benzene rings is 2. The molecule has 0 saturated heterocycles. The van der Waals surface area contributed by atoms with E-state index < -0.39 is 11.6 Å². The summed E-state index contributed by atoms with van der Waals surface area (Å²) in [5, 5.41) is 20.5. The number of ketones is 2. The van der Waals surface area contributed by atoms with Crippen LogP contribution in [0.3, 0.4) is 0 Å². The van der Waals surface area contributed by atoms with Crippen molar-refractivity contribution in [3.8, 4) is 11.5 Å². The Labute approximate surface area is 184 Å². The minimum Gasteiger partial charge on any atom is -0.507 e. The molecule has 0 aliphatic rings. The second kappa shape index (κ2) is 10.1. The van der Waals surface area contributed by atoms with Crippen molar-refractivity contribution in [2.24, 2.45) is 0 Å². The molecule has 0 unspecified atom stereocenters. The molecule has 7 heteroatoms. The normalized spacial score (nSPS) is 11.7. The maximum absolute atomic E-state index is 12.5. The molecule has 0 spiro atoms. The van der Waals surface area contributed by atoms with Gasteiger partial charge in [0.25, 0.3) is 0 Å². The molecule has 1 aromatic heterocycles. The number of aromatic nitrogens is 1. The molecule has 0 bridgehead atoms. The molecule has 7 nitrogen and oxygen atoms in total. The third-order valence-electron chi connectivity index (χ3n) is 4.56. The second-order valence-corrected chi connectivity index (χ2v) is 6.65. The average molecular weight is 431 g/mol. The first-order valence-electron chi connectivity index (χ1n) is 9.57. The fourth-order valence-corrected chi connectivity index (χ4v) is 2.80. The first-order valence-corrected chi connectivity index (χ1v) is 9.57. The zero-order valence-corrected chi connectivity index (χ0v) is 17.5. The minimum atomic E-state index is -0.573. The van der Waals surface area contributed by atoms with Crippen molar-refractivity contribution in [1.29, 1.82) is 0 Å². The lowest BCUT2D eigenvalue weighted by atomic mass is 10.1. The molecule has 0 aliphatic heterocycles. The van der Waals surface area contributed by atoms with Crippen LogP contribution in [0.25, 0.3) is 11.5 Å². The number of rotatable bonds is 8. The van der Waals surface area contributed by atoms with Gasteiger partial charge >= 0.3 is 0 Å². The summed E-state index contributed by atoms with van der Waals surface area (Å²) in [4.78, 5) is 29.1. The summed E-state index contributed by atoms with van der Waals surface area (Å²) in [6.07, 6.45) is 2.06. The van der Waals surface area contributed by atoms with Gasteiger partial charge in [0.05, 0.1) is 14.2 Å². The largest absolute Gasteiger partial charge is 0.507 e. The van der Waals surface area contributed by atoms with E-state index in [4.69, 9.17) is 9.47 Å². The van der Waals surface area contributed by atoms with Gasteiger partial charge in [0.1, 0.15) is 34.4 Å². The van der Waals surface area contributed by atoms with Crippen molar-refractivity contribution >= 4 is 23.1 Å². The predicted molar refractivity (Wildman–Crippen MR) is 120 cm³/mol. The van der Waals surface area contributed by atoms with Crippen LogP contribution in [-0.2, 0) is 0 Å². The third-order valence-corrected chi connectivity index (χ3v) is 4.56. The number of carbonyl (C=O) groups is 2. The Kier molecular flexibility index (Phi) is 7.02. The lowest BCUT2D eigenvalue weighted by Gasteiger charge is -2.04. The van der Waals surface area contributed by atoms with Gasteiger partial charge < -0.3 is 19.7 Å². The van der Waals surface area contributed by atoms with Crippen LogP contribution in [0.4, 0.5) is 0 Å². The van der Waals surface area contributed by atoms with E-state index in [9.17, 15) is 19.8 Å². The molecule has 2 N–H and O–H groups in total. The van der Waals surface area contributed by atoms with Gasteiger partial charge in [-0.25, -0.2) is 4.98 Å². The lowest BCUT2D eigenvalue weighted by molar-refractivity contribution is 0.103. The Bertz CT molecular complexity index is 1090. The molecule has 3 aromatic rings. The molecular weight excluding hydrogens is 410 g/mol. The smallest absolute Gasteiger partial charge is 0.207 e. The van der Waals surface area contributed by atoms with Crippen LogP contribution in [0.5, 0.6) is 11.5 Å². The van der Waals surface area contributed by atoms with Crippen LogP contribution in [-0.4, -0.2) is 41.0 Å². The van der Waals surface area contributed by atoms with Crippen LogP contribution < -0.4 is 9.47 Å². The summed E-state index contributed by atoms with van der Waals surface area (Å²) >= 11 is 0. The fraction of sp³-hybridized carbons (Fsp3) is 0.0800. The molecule has 32 heavy (non-hydrogen) atoms. The van der Waals surface area contributed by atoms with E-state index >= 15 is 0 Å².